The lowest BCUT2D eigenvalue weighted by Crippen LogP contribution is -2.40. The first-order valence-electron chi connectivity index (χ1n) is 7.39. The predicted octanol–water partition coefficient (Wildman–Crippen LogP) is 3.97. The van der Waals surface area contributed by atoms with Crippen molar-refractivity contribution in [3.63, 3.8) is 0 Å². The highest BCUT2D eigenvalue weighted by molar-refractivity contribution is 5.88. The Morgan fingerprint density at radius 2 is 1.32 bits per heavy atom. The molecule has 0 saturated heterocycles. The monoisotopic (exact) mass is 272 g/mol. The molecule has 0 saturated carbocycles. The first kappa shape index (κ1) is 17.7. The van der Waals surface area contributed by atoms with Gasteiger partial charge in [-0.05, 0) is 6.42 Å². The second-order valence-electron chi connectivity index (χ2n) is 4.95. The second kappa shape index (κ2) is 11.8. The Kier molecular flexibility index (Phi) is 11.0. The molecule has 0 aromatic heterocycles. The van der Waals surface area contributed by atoms with Crippen LogP contribution in [0.1, 0.15) is 71.1 Å². The van der Waals surface area contributed by atoms with E-state index in [1.807, 2.05) is 0 Å². The molecule has 0 aliphatic heterocycles. The number of rotatable bonds is 11. The molecule has 0 spiro atoms. The Morgan fingerprint density at radius 1 is 0.895 bits per heavy atom. The third-order valence-corrected chi connectivity index (χ3v) is 3.23. The Balaban J connectivity index is 3.35. The average molecular weight is 272 g/mol. The fourth-order valence-electron chi connectivity index (χ4n) is 2.06. The van der Waals surface area contributed by atoms with Gasteiger partial charge >= 0.3 is 12.1 Å². The van der Waals surface area contributed by atoms with E-state index in [9.17, 15) is 9.59 Å². The fourth-order valence-corrected chi connectivity index (χ4v) is 2.06. The van der Waals surface area contributed by atoms with Gasteiger partial charge in [0.25, 0.3) is 0 Å². The molecule has 0 heterocycles. The number of carbonyl (C=O) groups excluding carboxylic acids is 1. The lowest BCUT2D eigenvalue weighted by Gasteiger charge is -2.13. The number of unbranched alkanes of at least 4 members (excludes halogenated alkanes) is 9. The highest BCUT2D eigenvalue weighted by Gasteiger charge is 2.16. The van der Waals surface area contributed by atoms with Gasteiger partial charge in [0.15, 0.2) is 0 Å². The second-order valence-corrected chi connectivity index (χ2v) is 4.95. The van der Waals surface area contributed by atoms with Crippen LogP contribution in [-0.4, -0.2) is 28.7 Å². The van der Waals surface area contributed by atoms with Crippen LogP contribution in [0.4, 0.5) is 9.59 Å². The van der Waals surface area contributed by atoms with Crippen LogP contribution in [0.3, 0.4) is 0 Å². The van der Waals surface area contributed by atoms with Gasteiger partial charge in [0, 0.05) is 6.54 Å². The molecule has 0 fully saturated rings. The third kappa shape index (κ3) is 10.4. The Bertz CT molecular complexity index is 243. The van der Waals surface area contributed by atoms with Crippen molar-refractivity contribution in [3.05, 3.63) is 0 Å². The lowest BCUT2D eigenvalue weighted by atomic mass is 10.1. The van der Waals surface area contributed by atoms with Gasteiger partial charge < -0.3 is 10.8 Å². The molecule has 5 heteroatoms. The highest BCUT2D eigenvalue weighted by Crippen LogP contribution is 2.10. The molecular formula is C14H28N2O3. The standard InChI is InChI=1S/C14H28N2O3/c1-2-3-4-5-6-7-8-9-10-11-12-16(13(15)17)14(18)19/h2-12H2,1H3,(H2,15,17)(H,18,19). The van der Waals surface area contributed by atoms with Crippen molar-refractivity contribution in [1.29, 1.82) is 0 Å². The van der Waals surface area contributed by atoms with E-state index in [1.165, 1.54) is 44.9 Å². The number of urea groups is 1. The van der Waals surface area contributed by atoms with Crippen LogP contribution in [0.25, 0.3) is 0 Å². The predicted molar refractivity (Wildman–Crippen MR) is 76.2 cm³/mol. The molecular weight excluding hydrogens is 244 g/mol. The van der Waals surface area contributed by atoms with E-state index >= 15 is 0 Å². The summed E-state index contributed by atoms with van der Waals surface area (Å²) >= 11 is 0. The normalized spacial score (nSPS) is 10.4. The van der Waals surface area contributed by atoms with Crippen LogP contribution in [0.5, 0.6) is 0 Å². The Hall–Kier alpha value is -1.26. The summed E-state index contributed by atoms with van der Waals surface area (Å²) in [4.78, 5) is 22.1. The molecule has 0 aliphatic rings. The summed E-state index contributed by atoms with van der Waals surface area (Å²) in [6.45, 7) is 2.42. The van der Waals surface area contributed by atoms with Gasteiger partial charge in [0.05, 0.1) is 0 Å². The highest BCUT2D eigenvalue weighted by atomic mass is 16.4. The summed E-state index contributed by atoms with van der Waals surface area (Å²) in [6, 6.07) is -0.886. The maximum atomic E-state index is 10.8. The SMILES string of the molecule is CCCCCCCCCCCCN(C(N)=O)C(=O)O. The van der Waals surface area contributed by atoms with E-state index in [2.05, 4.69) is 6.92 Å². The maximum Gasteiger partial charge on any atom is 0.415 e. The minimum atomic E-state index is -1.26. The summed E-state index contributed by atoms with van der Waals surface area (Å²) in [6.07, 6.45) is 10.5. The number of carboxylic acid groups (broad SMARTS) is 1. The van der Waals surface area contributed by atoms with Gasteiger partial charge in [-0.15, -0.1) is 0 Å². The Labute approximate surface area is 116 Å². The van der Waals surface area contributed by atoms with Crippen LogP contribution in [0, 0.1) is 0 Å². The maximum absolute atomic E-state index is 10.8. The van der Waals surface area contributed by atoms with Crippen LogP contribution >= 0.6 is 0 Å². The molecule has 3 amide bonds. The van der Waals surface area contributed by atoms with Crippen LogP contribution in [0.2, 0.25) is 0 Å². The number of amides is 3. The minimum Gasteiger partial charge on any atom is -0.465 e. The van der Waals surface area contributed by atoms with Crippen molar-refractivity contribution in [1.82, 2.24) is 4.90 Å². The molecule has 0 radical (unpaired) electrons. The number of imide groups is 1. The fraction of sp³-hybridized carbons (Fsp3) is 0.857. The molecule has 19 heavy (non-hydrogen) atoms. The molecule has 5 nitrogen and oxygen atoms in total. The van der Waals surface area contributed by atoms with Gasteiger partial charge in [-0.25, -0.2) is 14.5 Å². The van der Waals surface area contributed by atoms with Crippen molar-refractivity contribution >= 4 is 12.1 Å². The van der Waals surface area contributed by atoms with Crippen molar-refractivity contribution in [3.8, 4) is 0 Å². The smallest absolute Gasteiger partial charge is 0.415 e. The van der Waals surface area contributed by atoms with Gasteiger partial charge in [0.2, 0.25) is 0 Å². The number of primary amides is 1. The number of hydrogen-bond acceptors (Lipinski definition) is 2. The molecule has 0 aromatic rings. The van der Waals surface area contributed by atoms with Crippen LogP contribution < -0.4 is 5.73 Å². The van der Waals surface area contributed by atoms with Crippen LogP contribution in [-0.2, 0) is 0 Å². The summed E-state index contributed by atoms with van der Waals surface area (Å²) in [5.74, 6) is 0. The Morgan fingerprint density at radius 3 is 1.68 bits per heavy atom. The van der Waals surface area contributed by atoms with Gasteiger partial charge in [-0.1, -0.05) is 64.7 Å². The first-order valence-corrected chi connectivity index (χ1v) is 7.39. The zero-order valence-corrected chi connectivity index (χ0v) is 12.1. The summed E-state index contributed by atoms with van der Waals surface area (Å²) < 4.78 is 0. The molecule has 0 rings (SSSR count). The van der Waals surface area contributed by atoms with Crippen molar-refractivity contribution in [2.45, 2.75) is 71.1 Å². The molecule has 0 unspecified atom stereocenters. The van der Waals surface area contributed by atoms with Gasteiger partial charge in [-0.2, -0.15) is 0 Å². The topological polar surface area (TPSA) is 83.6 Å². The molecule has 0 aromatic carbocycles. The van der Waals surface area contributed by atoms with Crippen LogP contribution in [0.15, 0.2) is 0 Å². The molecule has 0 aliphatic carbocycles. The quantitative estimate of drug-likeness (QED) is 0.558. The van der Waals surface area contributed by atoms with E-state index in [1.54, 1.807) is 0 Å². The van der Waals surface area contributed by atoms with E-state index < -0.39 is 12.1 Å². The summed E-state index contributed by atoms with van der Waals surface area (Å²) in [7, 11) is 0. The minimum absolute atomic E-state index is 0.209. The first-order chi connectivity index (χ1) is 9.09. The molecule has 3 N–H and O–H groups in total. The zero-order valence-electron chi connectivity index (χ0n) is 12.1. The van der Waals surface area contributed by atoms with Gasteiger partial charge in [-0.3, -0.25) is 0 Å². The van der Waals surface area contributed by atoms with E-state index in [0.717, 1.165) is 12.8 Å². The largest absolute Gasteiger partial charge is 0.465 e. The van der Waals surface area contributed by atoms with E-state index in [0.29, 0.717) is 11.3 Å². The number of hydrogen-bond donors (Lipinski definition) is 2. The number of carbonyl (C=O) groups is 2. The molecule has 0 bridgehead atoms. The van der Waals surface area contributed by atoms with Crippen molar-refractivity contribution in [2.75, 3.05) is 6.54 Å². The summed E-state index contributed by atoms with van der Waals surface area (Å²) in [5.41, 5.74) is 4.96. The molecule has 0 atom stereocenters. The third-order valence-electron chi connectivity index (χ3n) is 3.23. The number of nitrogens with two attached hydrogens (primary N) is 1. The lowest BCUT2D eigenvalue weighted by molar-refractivity contribution is 0.150. The van der Waals surface area contributed by atoms with Gasteiger partial charge in [0.1, 0.15) is 0 Å². The van der Waals surface area contributed by atoms with Crippen molar-refractivity contribution < 1.29 is 14.7 Å². The van der Waals surface area contributed by atoms with E-state index in [4.69, 9.17) is 10.8 Å². The molecule has 112 valence electrons. The average Bonchev–Trinajstić information content (AvgIpc) is 2.35. The van der Waals surface area contributed by atoms with Crippen molar-refractivity contribution in [2.24, 2.45) is 5.73 Å². The number of nitrogens with zero attached hydrogens (tertiary/aromatic N) is 1. The summed E-state index contributed by atoms with van der Waals surface area (Å²) in [5, 5.41) is 8.71. The van der Waals surface area contributed by atoms with E-state index in [-0.39, 0.29) is 6.54 Å². The zero-order chi connectivity index (χ0) is 14.5.